The lowest BCUT2D eigenvalue weighted by Crippen LogP contribution is -2.48. The van der Waals surface area contributed by atoms with Crippen LogP contribution in [0.2, 0.25) is 0 Å². The highest BCUT2D eigenvalue weighted by atomic mass is 16.5. The third-order valence-electron chi connectivity index (χ3n) is 2.95. The first-order chi connectivity index (χ1) is 8.86. The predicted molar refractivity (Wildman–Crippen MR) is 75.8 cm³/mol. The fourth-order valence-corrected chi connectivity index (χ4v) is 1.83. The summed E-state index contributed by atoms with van der Waals surface area (Å²) < 4.78 is 4.66. The Morgan fingerprint density at radius 1 is 1.16 bits per heavy atom. The molecule has 0 aromatic heterocycles. The first-order valence-electron chi connectivity index (χ1n) is 6.95. The summed E-state index contributed by atoms with van der Waals surface area (Å²) in [6.07, 6.45) is 3.43. The van der Waals surface area contributed by atoms with Gasteiger partial charge >= 0.3 is 5.97 Å². The van der Waals surface area contributed by atoms with Crippen molar-refractivity contribution >= 4 is 11.9 Å². The van der Waals surface area contributed by atoms with Gasteiger partial charge in [0, 0.05) is 19.5 Å². The average molecular weight is 272 g/mol. The van der Waals surface area contributed by atoms with E-state index in [9.17, 15) is 9.59 Å². The molecule has 0 aromatic rings. The van der Waals surface area contributed by atoms with Crippen molar-refractivity contribution in [2.24, 2.45) is 5.92 Å². The summed E-state index contributed by atoms with van der Waals surface area (Å²) in [4.78, 5) is 22.5. The molecule has 0 fully saturated rings. The molecule has 19 heavy (non-hydrogen) atoms. The maximum Gasteiger partial charge on any atom is 0.329 e. The van der Waals surface area contributed by atoms with Crippen molar-refractivity contribution in [1.82, 2.24) is 10.6 Å². The molecule has 0 aliphatic heterocycles. The van der Waals surface area contributed by atoms with E-state index in [1.165, 1.54) is 20.5 Å². The van der Waals surface area contributed by atoms with Crippen LogP contribution in [0.5, 0.6) is 0 Å². The molecule has 112 valence electrons. The van der Waals surface area contributed by atoms with Crippen molar-refractivity contribution in [3.8, 4) is 0 Å². The number of methoxy groups -OCH3 is 1. The van der Waals surface area contributed by atoms with Crippen LogP contribution in [0.1, 0.15) is 47.0 Å². The zero-order valence-electron chi connectivity index (χ0n) is 12.8. The number of nitrogens with one attached hydrogen (secondary N) is 2. The van der Waals surface area contributed by atoms with Gasteiger partial charge in [-0.2, -0.15) is 0 Å². The fourth-order valence-electron chi connectivity index (χ4n) is 1.83. The second-order valence-electron chi connectivity index (χ2n) is 5.41. The summed E-state index contributed by atoms with van der Waals surface area (Å²) in [6.45, 7) is 8.30. The highest BCUT2D eigenvalue weighted by Crippen LogP contribution is 2.08. The number of carbonyl (C=O) groups is 2. The topological polar surface area (TPSA) is 67.4 Å². The smallest absolute Gasteiger partial charge is 0.329 e. The van der Waals surface area contributed by atoms with E-state index in [1.807, 2.05) is 0 Å². The van der Waals surface area contributed by atoms with Crippen LogP contribution in [-0.2, 0) is 14.3 Å². The van der Waals surface area contributed by atoms with Gasteiger partial charge < -0.3 is 15.4 Å². The van der Waals surface area contributed by atoms with E-state index in [2.05, 4.69) is 36.1 Å². The standard InChI is InChI=1S/C14H28N2O3/c1-10(2)7-6-8-11(3)15-9-13(14(18)19-5)16-12(4)17/h10-11,13,15H,6-9H2,1-5H3,(H,16,17). The third kappa shape index (κ3) is 9.47. The maximum absolute atomic E-state index is 11.5. The summed E-state index contributed by atoms with van der Waals surface area (Å²) in [7, 11) is 1.32. The van der Waals surface area contributed by atoms with Gasteiger partial charge in [-0.25, -0.2) is 4.79 Å². The van der Waals surface area contributed by atoms with Gasteiger partial charge in [0.05, 0.1) is 7.11 Å². The molecular weight excluding hydrogens is 244 g/mol. The predicted octanol–water partition coefficient (Wildman–Crippen LogP) is 1.47. The lowest BCUT2D eigenvalue weighted by atomic mass is 10.0. The van der Waals surface area contributed by atoms with E-state index in [0.717, 1.165) is 18.8 Å². The Bertz CT molecular complexity index is 280. The number of hydrogen-bond donors (Lipinski definition) is 2. The summed E-state index contributed by atoms with van der Waals surface area (Å²) in [5, 5.41) is 5.85. The molecule has 0 aromatic carbocycles. The van der Waals surface area contributed by atoms with E-state index in [-0.39, 0.29) is 5.91 Å². The number of carbonyl (C=O) groups excluding carboxylic acids is 2. The molecule has 0 saturated heterocycles. The first-order valence-corrected chi connectivity index (χ1v) is 6.95. The van der Waals surface area contributed by atoms with Gasteiger partial charge in [0.15, 0.2) is 0 Å². The number of rotatable bonds is 9. The Hall–Kier alpha value is -1.10. The van der Waals surface area contributed by atoms with Crippen LogP contribution in [0.3, 0.4) is 0 Å². The highest BCUT2D eigenvalue weighted by molar-refractivity contribution is 5.83. The van der Waals surface area contributed by atoms with E-state index >= 15 is 0 Å². The molecular formula is C14H28N2O3. The SMILES string of the molecule is COC(=O)C(CNC(C)CCCC(C)C)NC(C)=O. The lowest BCUT2D eigenvalue weighted by Gasteiger charge is -2.20. The number of hydrogen-bond acceptors (Lipinski definition) is 4. The van der Waals surface area contributed by atoms with Crippen molar-refractivity contribution in [2.45, 2.75) is 59.0 Å². The molecule has 5 heteroatoms. The molecule has 2 atom stereocenters. The first kappa shape index (κ1) is 17.9. The number of amides is 1. The molecule has 0 aliphatic rings. The van der Waals surface area contributed by atoms with Gasteiger partial charge in [-0.1, -0.05) is 26.7 Å². The fraction of sp³-hybridized carbons (Fsp3) is 0.857. The van der Waals surface area contributed by atoms with Crippen LogP contribution in [0.15, 0.2) is 0 Å². The highest BCUT2D eigenvalue weighted by Gasteiger charge is 2.20. The second-order valence-corrected chi connectivity index (χ2v) is 5.41. The Balaban J connectivity index is 4.02. The van der Waals surface area contributed by atoms with Crippen LogP contribution in [0, 0.1) is 5.92 Å². The Labute approximate surface area is 116 Å². The molecule has 1 amide bonds. The maximum atomic E-state index is 11.5. The summed E-state index contributed by atoms with van der Waals surface area (Å²) >= 11 is 0. The molecule has 2 unspecified atom stereocenters. The molecule has 0 bridgehead atoms. The quantitative estimate of drug-likeness (QED) is 0.624. The molecule has 0 radical (unpaired) electrons. The molecule has 0 heterocycles. The minimum Gasteiger partial charge on any atom is -0.467 e. The van der Waals surface area contributed by atoms with Crippen molar-refractivity contribution in [2.75, 3.05) is 13.7 Å². The monoisotopic (exact) mass is 272 g/mol. The van der Waals surface area contributed by atoms with Gasteiger partial charge in [-0.05, 0) is 19.3 Å². The van der Waals surface area contributed by atoms with Gasteiger partial charge in [0.25, 0.3) is 0 Å². The van der Waals surface area contributed by atoms with Crippen molar-refractivity contribution in [3.63, 3.8) is 0 Å². The Morgan fingerprint density at radius 3 is 2.26 bits per heavy atom. The van der Waals surface area contributed by atoms with Crippen LogP contribution in [0.25, 0.3) is 0 Å². The molecule has 2 N–H and O–H groups in total. The van der Waals surface area contributed by atoms with Crippen LogP contribution >= 0.6 is 0 Å². The number of ether oxygens (including phenoxy) is 1. The third-order valence-corrected chi connectivity index (χ3v) is 2.95. The van der Waals surface area contributed by atoms with Crippen LogP contribution in [0.4, 0.5) is 0 Å². The van der Waals surface area contributed by atoms with Gasteiger partial charge in [-0.3, -0.25) is 4.79 Å². The largest absolute Gasteiger partial charge is 0.467 e. The Kier molecular flexibility index (Phi) is 9.21. The summed E-state index contributed by atoms with van der Waals surface area (Å²) in [5.74, 6) is 0.0659. The minimum atomic E-state index is -0.616. The lowest BCUT2D eigenvalue weighted by molar-refractivity contribution is -0.144. The van der Waals surface area contributed by atoms with E-state index in [4.69, 9.17) is 0 Å². The summed E-state index contributed by atoms with van der Waals surface area (Å²) in [5.41, 5.74) is 0. The van der Waals surface area contributed by atoms with E-state index in [1.54, 1.807) is 0 Å². The van der Waals surface area contributed by atoms with Gasteiger partial charge in [0.2, 0.25) is 5.91 Å². The van der Waals surface area contributed by atoms with Crippen molar-refractivity contribution in [3.05, 3.63) is 0 Å². The molecule has 0 rings (SSSR count). The van der Waals surface area contributed by atoms with Crippen LogP contribution in [-0.4, -0.2) is 37.6 Å². The van der Waals surface area contributed by atoms with Crippen molar-refractivity contribution < 1.29 is 14.3 Å². The van der Waals surface area contributed by atoms with Crippen LogP contribution < -0.4 is 10.6 Å². The van der Waals surface area contributed by atoms with Gasteiger partial charge in [-0.15, -0.1) is 0 Å². The Morgan fingerprint density at radius 2 is 1.79 bits per heavy atom. The normalized spacial score (nSPS) is 14.0. The minimum absolute atomic E-state index is 0.232. The summed E-state index contributed by atoms with van der Waals surface area (Å²) in [6, 6.07) is -0.297. The van der Waals surface area contributed by atoms with Crippen molar-refractivity contribution in [1.29, 1.82) is 0 Å². The average Bonchev–Trinajstić information content (AvgIpc) is 2.32. The molecule has 0 saturated carbocycles. The van der Waals surface area contributed by atoms with E-state index < -0.39 is 12.0 Å². The number of esters is 1. The zero-order valence-corrected chi connectivity index (χ0v) is 12.8. The molecule has 0 aliphatic carbocycles. The van der Waals surface area contributed by atoms with Gasteiger partial charge in [0.1, 0.15) is 6.04 Å². The molecule has 5 nitrogen and oxygen atoms in total. The second kappa shape index (κ2) is 9.78. The van der Waals surface area contributed by atoms with E-state index in [0.29, 0.717) is 12.6 Å². The zero-order chi connectivity index (χ0) is 14.8. The molecule has 0 spiro atoms.